The topological polar surface area (TPSA) is 70.7 Å². The quantitative estimate of drug-likeness (QED) is 0.588. The number of nitrogens with one attached hydrogen (secondary N) is 2. The van der Waals surface area contributed by atoms with E-state index < -0.39 is 0 Å². The van der Waals surface area contributed by atoms with Crippen molar-refractivity contribution in [3.63, 3.8) is 0 Å². The molecule has 1 atom stereocenters. The van der Waals surface area contributed by atoms with E-state index in [-0.39, 0.29) is 11.9 Å². The highest BCUT2D eigenvalue weighted by Crippen LogP contribution is 2.25. The van der Waals surface area contributed by atoms with Gasteiger partial charge in [0.1, 0.15) is 0 Å². The summed E-state index contributed by atoms with van der Waals surface area (Å²) >= 11 is 1.29. The monoisotopic (exact) mass is 348 g/mol. The van der Waals surface area contributed by atoms with Gasteiger partial charge in [0.2, 0.25) is 0 Å². The molecule has 0 radical (unpaired) electrons. The van der Waals surface area contributed by atoms with E-state index in [0.717, 1.165) is 27.9 Å². The lowest BCUT2D eigenvalue weighted by Gasteiger charge is -2.20. The summed E-state index contributed by atoms with van der Waals surface area (Å²) in [4.78, 5) is 20.1. The second kappa shape index (κ2) is 6.49. The second-order valence-corrected chi connectivity index (χ2v) is 6.44. The number of rotatable bonds is 4. The molecule has 2 aromatic heterocycles. The predicted octanol–water partition coefficient (Wildman–Crippen LogP) is 3.85. The molecule has 0 aliphatic rings. The molecule has 124 valence electrons. The van der Waals surface area contributed by atoms with Crippen LogP contribution in [-0.2, 0) is 0 Å². The van der Waals surface area contributed by atoms with Crippen LogP contribution in [0, 0.1) is 6.92 Å². The van der Waals surface area contributed by atoms with Crippen LogP contribution in [0.4, 0.5) is 0 Å². The Balaban J connectivity index is 1.74. The Hall–Kier alpha value is -2.99. The minimum Gasteiger partial charge on any atom is -0.345 e. The van der Waals surface area contributed by atoms with Crippen molar-refractivity contribution in [2.75, 3.05) is 0 Å². The smallest absolute Gasteiger partial charge is 0.254 e. The van der Waals surface area contributed by atoms with Crippen molar-refractivity contribution in [2.45, 2.75) is 13.0 Å². The van der Waals surface area contributed by atoms with Crippen molar-refractivity contribution in [1.82, 2.24) is 19.7 Å². The normalized spacial score (nSPS) is 12.2. The zero-order chi connectivity index (χ0) is 17.2. The highest BCUT2D eigenvalue weighted by atomic mass is 32.1. The molecule has 0 saturated heterocycles. The summed E-state index contributed by atoms with van der Waals surface area (Å²) in [6.45, 7) is 1.85. The molecular weight excluding hydrogens is 332 g/mol. The molecule has 0 spiro atoms. The summed E-state index contributed by atoms with van der Waals surface area (Å²) in [7, 11) is 0. The van der Waals surface area contributed by atoms with Crippen molar-refractivity contribution >= 4 is 28.5 Å². The molecule has 0 fully saturated rings. The van der Waals surface area contributed by atoms with E-state index in [1.54, 1.807) is 11.7 Å². The molecule has 6 heteroatoms. The summed E-state index contributed by atoms with van der Waals surface area (Å²) < 4.78 is 4.19. The molecule has 4 aromatic rings. The first-order valence-electron chi connectivity index (χ1n) is 7.92. The Labute approximate surface area is 148 Å². The second-order valence-electron chi connectivity index (χ2n) is 5.81. The van der Waals surface area contributed by atoms with Gasteiger partial charge in [0.25, 0.3) is 5.91 Å². The van der Waals surface area contributed by atoms with Gasteiger partial charge < -0.3 is 10.3 Å². The molecule has 2 aromatic carbocycles. The van der Waals surface area contributed by atoms with E-state index in [1.807, 2.05) is 55.5 Å². The number of fused-ring (bicyclic) bond motifs is 1. The number of aromatic nitrogens is 3. The minimum absolute atomic E-state index is 0.121. The molecule has 4 rings (SSSR count). The number of aromatic amines is 1. The SMILES string of the molecule is Cc1nscc1C(=O)N[C@@H](c1ccccc1)c1ccc2nc[nH]c2c1. The number of imidazole rings is 1. The van der Waals surface area contributed by atoms with E-state index in [2.05, 4.69) is 19.7 Å². The number of benzene rings is 2. The number of carbonyl (C=O) groups is 1. The lowest BCUT2D eigenvalue weighted by atomic mass is 9.98. The predicted molar refractivity (Wildman–Crippen MR) is 98.7 cm³/mol. The Kier molecular flexibility index (Phi) is 4.03. The van der Waals surface area contributed by atoms with Crippen LogP contribution in [0.15, 0.2) is 60.2 Å². The number of nitrogens with zero attached hydrogens (tertiary/aromatic N) is 2. The van der Waals surface area contributed by atoms with Gasteiger partial charge in [-0.25, -0.2) is 4.98 Å². The van der Waals surface area contributed by atoms with Crippen LogP contribution < -0.4 is 5.32 Å². The molecule has 0 bridgehead atoms. The zero-order valence-corrected chi connectivity index (χ0v) is 14.4. The van der Waals surface area contributed by atoms with Gasteiger partial charge >= 0.3 is 0 Å². The van der Waals surface area contributed by atoms with E-state index in [4.69, 9.17) is 0 Å². The summed E-state index contributed by atoms with van der Waals surface area (Å²) in [5.41, 5.74) is 5.24. The van der Waals surface area contributed by atoms with Gasteiger partial charge in [0.15, 0.2) is 0 Å². The molecule has 2 N–H and O–H groups in total. The standard InChI is InChI=1S/C19H16N4OS/c1-12-15(10-25-23-12)19(24)22-18(13-5-3-2-4-6-13)14-7-8-16-17(9-14)21-11-20-16/h2-11,18H,1H3,(H,20,21)(H,22,24)/t18-/m0/s1. The molecule has 0 aliphatic carbocycles. The van der Waals surface area contributed by atoms with Crippen molar-refractivity contribution in [3.8, 4) is 0 Å². The molecule has 2 heterocycles. The Morgan fingerprint density at radius 2 is 2.00 bits per heavy atom. The molecule has 0 aliphatic heterocycles. The maximum Gasteiger partial charge on any atom is 0.254 e. The fourth-order valence-electron chi connectivity index (χ4n) is 2.86. The number of carbonyl (C=O) groups excluding carboxylic acids is 1. The van der Waals surface area contributed by atoms with Crippen LogP contribution in [-0.4, -0.2) is 20.2 Å². The Morgan fingerprint density at radius 3 is 2.76 bits per heavy atom. The van der Waals surface area contributed by atoms with Crippen LogP contribution >= 0.6 is 11.5 Å². The van der Waals surface area contributed by atoms with Gasteiger partial charge in [-0.05, 0) is 41.7 Å². The largest absolute Gasteiger partial charge is 0.345 e. The number of H-pyrrole nitrogens is 1. The first kappa shape index (κ1) is 15.5. The maximum atomic E-state index is 12.7. The third kappa shape index (κ3) is 3.04. The van der Waals surface area contributed by atoms with Crippen molar-refractivity contribution in [2.24, 2.45) is 0 Å². The summed E-state index contributed by atoms with van der Waals surface area (Å²) in [6, 6.07) is 15.7. The number of hydrogen-bond donors (Lipinski definition) is 2. The first-order chi connectivity index (χ1) is 12.2. The highest BCUT2D eigenvalue weighted by Gasteiger charge is 2.20. The number of aryl methyl sites for hydroxylation is 1. The minimum atomic E-state index is -0.249. The van der Waals surface area contributed by atoms with Gasteiger partial charge in [-0.2, -0.15) is 4.37 Å². The Morgan fingerprint density at radius 1 is 1.16 bits per heavy atom. The number of amides is 1. The molecule has 0 unspecified atom stereocenters. The number of hydrogen-bond acceptors (Lipinski definition) is 4. The first-order valence-corrected chi connectivity index (χ1v) is 8.76. The summed E-state index contributed by atoms with van der Waals surface area (Å²) in [5.74, 6) is -0.121. The molecular formula is C19H16N4OS. The van der Waals surface area contributed by atoms with Crippen LogP contribution in [0.1, 0.15) is 33.2 Å². The fourth-order valence-corrected chi connectivity index (χ4v) is 3.55. The van der Waals surface area contributed by atoms with Crippen LogP contribution in [0.2, 0.25) is 0 Å². The van der Waals surface area contributed by atoms with Gasteiger partial charge in [0.05, 0.1) is 34.7 Å². The van der Waals surface area contributed by atoms with Gasteiger partial charge in [-0.1, -0.05) is 36.4 Å². The van der Waals surface area contributed by atoms with E-state index in [1.165, 1.54) is 11.5 Å². The average Bonchev–Trinajstić information content (AvgIpc) is 3.28. The van der Waals surface area contributed by atoms with Crippen molar-refractivity contribution in [1.29, 1.82) is 0 Å². The third-order valence-electron chi connectivity index (χ3n) is 4.18. The zero-order valence-electron chi connectivity index (χ0n) is 13.6. The van der Waals surface area contributed by atoms with Crippen LogP contribution in [0.3, 0.4) is 0 Å². The van der Waals surface area contributed by atoms with Gasteiger partial charge in [-0.15, -0.1) is 0 Å². The Bertz CT molecular complexity index is 1020. The van der Waals surface area contributed by atoms with Crippen LogP contribution in [0.5, 0.6) is 0 Å². The highest BCUT2D eigenvalue weighted by molar-refractivity contribution is 7.03. The maximum absolute atomic E-state index is 12.7. The molecule has 25 heavy (non-hydrogen) atoms. The summed E-state index contributed by atoms with van der Waals surface area (Å²) in [6.07, 6.45) is 1.67. The molecule has 1 amide bonds. The van der Waals surface area contributed by atoms with Crippen molar-refractivity contribution < 1.29 is 4.79 Å². The van der Waals surface area contributed by atoms with E-state index in [9.17, 15) is 4.79 Å². The fraction of sp³-hybridized carbons (Fsp3) is 0.105. The lowest BCUT2D eigenvalue weighted by molar-refractivity contribution is 0.0942. The molecule has 0 saturated carbocycles. The van der Waals surface area contributed by atoms with E-state index in [0.29, 0.717) is 5.56 Å². The van der Waals surface area contributed by atoms with Crippen molar-refractivity contribution in [3.05, 3.63) is 82.6 Å². The molecule has 5 nitrogen and oxygen atoms in total. The average molecular weight is 348 g/mol. The third-order valence-corrected chi connectivity index (χ3v) is 4.90. The summed E-state index contributed by atoms with van der Waals surface area (Å²) in [5, 5.41) is 4.93. The lowest BCUT2D eigenvalue weighted by Crippen LogP contribution is -2.29. The van der Waals surface area contributed by atoms with E-state index >= 15 is 0 Å². The van der Waals surface area contributed by atoms with Gasteiger partial charge in [-0.3, -0.25) is 4.79 Å². The van der Waals surface area contributed by atoms with Gasteiger partial charge in [0, 0.05) is 5.38 Å². The van der Waals surface area contributed by atoms with Crippen LogP contribution in [0.25, 0.3) is 11.0 Å².